The molecule has 112 valence electrons. The lowest BCUT2D eigenvalue weighted by Crippen LogP contribution is -2.45. The highest BCUT2D eigenvalue weighted by Gasteiger charge is 2.25. The highest BCUT2D eigenvalue weighted by molar-refractivity contribution is 5.36. The molecule has 1 aromatic rings. The Morgan fingerprint density at radius 1 is 1.20 bits per heavy atom. The zero-order valence-corrected chi connectivity index (χ0v) is 13.1. The Morgan fingerprint density at radius 2 is 1.90 bits per heavy atom. The minimum Gasteiger partial charge on any atom is -0.494 e. The third-order valence-electron chi connectivity index (χ3n) is 3.86. The molecule has 1 N–H and O–H groups in total. The van der Waals surface area contributed by atoms with Gasteiger partial charge in [0.05, 0.1) is 6.61 Å². The first-order valence-electron chi connectivity index (χ1n) is 7.88. The first kappa shape index (κ1) is 15.3. The van der Waals surface area contributed by atoms with E-state index in [0.29, 0.717) is 12.0 Å². The lowest BCUT2D eigenvalue weighted by atomic mass is 9.94. The largest absolute Gasteiger partial charge is 0.494 e. The Bertz CT molecular complexity index is 400. The predicted molar refractivity (Wildman–Crippen MR) is 84.2 cm³/mol. The maximum atomic E-state index is 5.85. The van der Waals surface area contributed by atoms with Gasteiger partial charge in [-0.1, -0.05) is 32.0 Å². The number of benzene rings is 1. The average Bonchev–Trinajstić information content (AvgIpc) is 2.47. The molecule has 1 aromatic carbocycles. The molecule has 2 rings (SSSR count). The molecule has 0 spiro atoms. The van der Waals surface area contributed by atoms with Crippen molar-refractivity contribution in [3.05, 3.63) is 29.8 Å². The normalized spacial score (nSPS) is 18.2. The van der Waals surface area contributed by atoms with Gasteiger partial charge in [-0.25, -0.2) is 0 Å². The number of nitrogens with one attached hydrogen (secondary N) is 1. The van der Waals surface area contributed by atoms with E-state index in [4.69, 9.17) is 4.74 Å². The molecule has 1 fully saturated rings. The molecule has 1 aliphatic rings. The summed E-state index contributed by atoms with van der Waals surface area (Å²) >= 11 is 0. The van der Waals surface area contributed by atoms with Crippen molar-refractivity contribution in [3.8, 4) is 5.75 Å². The van der Waals surface area contributed by atoms with Gasteiger partial charge in [-0.15, -0.1) is 0 Å². The summed E-state index contributed by atoms with van der Waals surface area (Å²) in [6.45, 7) is 11.8. The number of ether oxygens (including phenoxy) is 1. The minimum atomic E-state index is 0.472. The standard InChI is InChI=1S/C17H28N2O/c1-4-20-17-8-6-5-7-15(17)16(13-14(2)3)19-11-9-18-10-12-19/h5-8,14,16,18H,4,9-13H2,1-3H3/t16-/m1/s1. The molecule has 0 saturated carbocycles. The van der Waals surface area contributed by atoms with E-state index in [1.165, 1.54) is 12.0 Å². The van der Waals surface area contributed by atoms with Crippen LogP contribution < -0.4 is 10.1 Å². The molecular formula is C17H28N2O. The van der Waals surface area contributed by atoms with Crippen LogP contribution in [0.4, 0.5) is 0 Å². The van der Waals surface area contributed by atoms with Crippen molar-refractivity contribution in [1.29, 1.82) is 0 Å². The summed E-state index contributed by atoms with van der Waals surface area (Å²) in [5.41, 5.74) is 1.35. The van der Waals surface area contributed by atoms with E-state index in [0.717, 1.165) is 38.5 Å². The molecule has 0 bridgehead atoms. The second-order valence-corrected chi connectivity index (χ2v) is 5.90. The molecule has 3 heteroatoms. The first-order chi connectivity index (χ1) is 9.72. The van der Waals surface area contributed by atoms with Crippen LogP contribution in [0, 0.1) is 5.92 Å². The second-order valence-electron chi connectivity index (χ2n) is 5.90. The van der Waals surface area contributed by atoms with Crippen LogP contribution in [-0.4, -0.2) is 37.7 Å². The fraction of sp³-hybridized carbons (Fsp3) is 0.647. The van der Waals surface area contributed by atoms with Gasteiger partial charge in [-0.05, 0) is 25.3 Å². The van der Waals surface area contributed by atoms with E-state index in [9.17, 15) is 0 Å². The molecule has 1 saturated heterocycles. The smallest absolute Gasteiger partial charge is 0.124 e. The molecule has 0 aromatic heterocycles. The summed E-state index contributed by atoms with van der Waals surface area (Å²) in [7, 11) is 0. The van der Waals surface area contributed by atoms with Crippen molar-refractivity contribution in [2.75, 3.05) is 32.8 Å². The Labute approximate surface area is 123 Å². The van der Waals surface area contributed by atoms with Crippen molar-refractivity contribution < 1.29 is 4.74 Å². The van der Waals surface area contributed by atoms with Crippen LogP contribution in [-0.2, 0) is 0 Å². The Kier molecular flexibility index (Phi) is 5.86. The van der Waals surface area contributed by atoms with E-state index >= 15 is 0 Å². The van der Waals surface area contributed by atoms with Crippen molar-refractivity contribution >= 4 is 0 Å². The second kappa shape index (κ2) is 7.65. The topological polar surface area (TPSA) is 24.5 Å². The number of piperazine rings is 1. The quantitative estimate of drug-likeness (QED) is 0.864. The van der Waals surface area contributed by atoms with E-state index in [1.54, 1.807) is 0 Å². The monoisotopic (exact) mass is 276 g/mol. The fourth-order valence-electron chi connectivity index (χ4n) is 2.96. The van der Waals surface area contributed by atoms with Gasteiger partial charge in [-0.2, -0.15) is 0 Å². The van der Waals surface area contributed by atoms with Gasteiger partial charge in [0, 0.05) is 37.8 Å². The molecule has 0 aliphatic carbocycles. The van der Waals surface area contributed by atoms with Crippen molar-refractivity contribution in [3.63, 3.8) is 0 Å². The van der Waals surface area contributed by atoms with Crippen LogP contribution in [0.3, 0.4) is 0 Å². The minimum absolute atomic E-state index is 0.472. The van der Waals surface area contributed by atoms with E-state index in [-0.39, 0.29) is 0 Å². The molecule has 3 nitrogen and oxygen atoms in total. The van der Waals surface area contributed by atoms with Crippen molar-refractivity contribution in [1.82, 2.24) is 10.2 Å². The van der Waals surface area contributed by atoms with Crippen molar-refractivity contribution in [2.45, 2.75) is 33.2 Å². The van der Waals surface area contributed by atoms with Gasteiger partial charge in [0.25, 0.3) is 0 Å². The van der Waals surface area contributed by atoms with Gasteiger partial charge >= 0.3 is 0 Å². The summed E-state index contributed by atoms with van der Waals surface area (Å²) in [4.78, 5) is 2.61. The summed E-state index contributed by atoms with van der Waals surface area (Å²) in [5.74, 6) is 1.74. The Hall–Kier alpha value is -1.06. The zero-order valence-electron chi connectivity index (χ0n) is 13.1. The molecule has 1 aliphatic heterocycles. The summed E-state index contributed by atoms with van der Waals surface area (Å²) < 4.78 is 5.85. The summed E-state index contributed by atoms with van der Waals surface area (Å²) in [6.07, 6.45) is 1.18. The fourth-order valence-corrected chi connectivity index (χ4v) is 2.96. The molecule has 0 radical (unpaired) electrons. The molecule has 20 heavy (non-hydrogen) atoms. The molecule has 1 atom stereocenters. The number of rotatable bonds is 6. The van der Waals surface area contributed by atoms with Crippen LogP contribution in [0.1, 0.15) is 38.8 Å². The lowest BCUT2D eigenvalue weighted by Gasteiger charge is -2.36. The van der Waals surface area contributed by atoms with Gasteiger partial charge in [0.2, 0.25) is 0 Å². The predicted octanol–water partition coefficient (Wildman–Crippen LogP) is 3.08. The third-order valence-corrected chi connectivity index (χ3v) is 3.86. The number of hydrogen-bond acceptors (Lipinski definition) is 3. The molecule has 0 amide bonds. The summed E-state index contributed by atoms with van der Waals surface area (Å²) in [5, 5.41) is 3.44. The van der Waals surface area contributed by atoms with Gasteiger partial charge in [0.15, 0.2) is 0 Å². The molecule has 1 heterocycles. The maximum absolute atomic E-state index is 5.85. The third kappa shape index (κ3) is 3.97. The lowest BCUT2D eigenvalue weighted by molar-refractivity contribution is 0.150. The number of para-hydroxylation sites is 1. The van der Waals surface area contributed by atoms with Gasteiger partial charge in [-0.3, -0.25) is 4.90 Å². The van der Waals surface area contributed by atoms with Crippen LogP contribution in [0.5, 0.6) is 5.75 Å². The average molecular weight is 276 g/mol. The van der Waals surface area contributed by atoms with Gasteiger partial charge in [0.1, 0.15) is 5.75 Å². The highest BCUT2D eigenvalue weighted by Crippen LogP contribution is 2.34. The zero-order chi connectivity index (χ0) is 14.4. The van der Waals surface area contributed by atoms with Crippen LogP contribution in [0.2, 0.25) is 0 Å². The van der Waals surface area contributed by atoms with E-state index in [2.05, 4.69) is 55.3 Å². The first-order valence-corrected chi connectivity index (χ1v) is 7.88. The molecule has 0 unspecified atom stereocenters. The molecular weight excluding hydrogens is 248 g/mol. The van der Waals surface area contributed by atoms with Crippen LogP contribution in [0.25, 0.3) is 0 Å². The number of nitrogens with zero attached hydrogens (tertiary/aromatic N) is 1. The summed E-state index contributed by atoms with van der Waals surface area (Å²) in [6, 6.07) is 9.01. The van der Waals surface area contributed by atoms with Crippen LogP contribution in [0.15, 0.2) is 24.3 Å². The SMILES string of the molecule is CCOc1ccccc1[C@@H](CC(C)C)N1CCNCC1. The maximum Gasteiger partial charge on any atom is 0.124 e. The van der Waals surface area contributed by atoms with Gasteiger partial charge < -0.3 is 10.1 Å². The van der Waals surface area contributed by atoms with Crippen LogP contribution >= 0.6 is 0 Å². The Balaban J connectivity index is 2.24. The van der Waals surface area contributed by atoms with Crippen molar-refractivity contribution in [2.24, 2.45) is 5.92 Å². The Morgan fingerprint density at radius 3 is 2.55 bits per heavy atom. The number of hydrogen-bond donors (Lipinski definition) is 1. The highest BCUT2D eigenvalue weighted by atomic mass is 16.5. The van der Waals surface area contributed by atoms with E-state index < -0.39 is 0 Å². The van der Waals surface area contributed by atoms with E-state index in [1.807, 2.05) is 0 Å².